The van der Waals surface area contributed by atoms with Gasteiger partial charge in [-0.2, -0.15) is 0 Å². The molecule has 3 heteroatoms. The topological polar surface area (TPSA) is 24.5 Å². The van der Waals surface area contributed by atoms with Gasteiger partial charge in [0.25, 0.3) is 0 Å². The van der Waals surface area contributed by atoms with Crippen molar-refractivity contribution in [3.63, 3.8) is 0 Å². The van der Waals surface area contributed by atoms with Gasteiger partial charge in [-0.15, -0.1) is 0 Å². The molecule has 1 aromatic carbocycles. The van der Waals surface area contributed by atoms with Crippen LogP contribution in [-0.4, -0.2) is 32.8 Å². The molecule has 0 bridgehead atoms. The standard InChI is InChI=1S/C14H22N2O/c1-4-12-10-15-7-8-16(12)13-5-6-14(17-3)11(2)9-13/h5-6,9,12,15H,4,7-8,10H2,1-3H3. The molecule has 0 aromatic heterocycles. The van der Waals surface area contributed by atoms with E-state index in [0.29, 0.717) is 6.04 Å². The molecule has 0 spiro atoms. The van der Waals surface area contributed by atoms with Crippen LogP contribution in [0.5, 0.6) is 5.75 Å². The van der Waals surface area contributed by atoms with Crippen LogP contribution in [-0.2, 0) is 0 Å². The van der Waals surface area contributed by atoms with Crippen molar-refractivity contribution in [2.24, 2.45) is 0 Å². The van der Waals surface area contributed by atoms with Crippen molar-refractivity contribution < 1.29 is 4.74 Å². The molecule has 3 nitrogen and oxygen atoms in total. The highest BCUT2D eigenvalue weighted by atomic mass is 16.5. The van der Waals surface area contributed by atoms with Gasteiger partial charge in [-0.05, 0) is 37.1 Å². The summed E-state index contributed by atoms with van der Waals surface area (Å²) in [5.74, 6) is 0.969. The minimum atomic E-state index is 0.608. The predicted molar refractivity (Wildman–Crippen MR) is 72.0 cm³/mol. The van der Waals surface area contributed by atoms with E-state index in [1.54, 1.807) is 7.11 Å². The summed E-state index contributed by atoms with van der Waals surface area (Å²) < 4.78 is 5.31. The molecule has 1 heterocycles. The molecule has 0 saturated carbocycles. The first-order chi connectivity index (χ1) is 8.26. The maximum absolute atomic E-state index is 5.31. The Balaban J connectivity index is 2.23. The molecule has 0 radical (unpaired) electrons. The number of aryl methyl sites for hydroxylation is 1. The van der Waals surface area contributed by atoms with Gasteiger partial charge in [0.05, 0.1) is 7.11 Å². The Bertz CT molecular complexity index is 378. The number of methoxy groups -OCH3 is 1. The number of anilines is 1. The predicted octanol–water partition coefficient (Wildman–Crippen LogP) is 2.19. The maximum Gasteiger partial charge on any atom is 0.121 e. The van der Waals surface area contributed by atoms with Crippen LogP contribution in [0.2, 0.25) is 0 Å². The largest absolute Gasteiger partial charge is 0.496 e. The van der Waals surface area contributed by atoms with Gasteiger partial charge in [0.1, 0.15) is 5.75 Å². The molecule has 1 aromatic rings. The summed E-state index contributed by atoms with van der Waals surface area (Å²) >= 11 is 0. The lowest BCUT2D eigenvalue weighted by atomic mass is 10.1. The van der Waals surface area contributed by atoms with E-state index >= 15 is 0 Å². The summed E-state index contributed by atoms with van der Waals surface area (Å²) in [5, 5.41) is 3.46. The van der Waals surface area contributed by atoms with Gasteiger partial charge in [-0.1, -0.05) is 6.92 Å². The molecule has 1 aliphatic rings. The average Bonchev–Trinajstić information content (AvgIpc) is 2.38. The van der Waals surface area contributed by atoms with E-state index < -0.39 is 0 Å². The summed E-state index contributed by atoms with van der Waals surface area (Å²) in [6.45, 7) is 7.60. The quantitative estimate of drug-likeness (QED) is 0.867. The van der Waals surface area contributed by atoms with Gasteiger partial charge in [-0.3, -0.25) is 0 Å². The number of ether oxygens (including phenoxy) is 1. The van der Waals surface area contributed by atoms with E-state index in [-0.39, 0.29) is 0 Å². The number of benzene rings is 1. The fourth-order valence-electron chi connectivity index (χ4n) is 2.51. The summed E-state index contributed by atoms with van der Waals surface area (Å²) in [5.41, 5.74) is 2.52. The second-order valence-electron chi connectivity index (χ2n) is 4.61. The Morgan fingerprint density at radius 3 is 2.94 bits per heavy atom. The van der Waals surface area contributed by atoms with E-state index in [1.165, 1.54) is 17.7 Å². The Kier molecular flexibility index (Phi) is 3.89. The van der Waals surface area contributed by atoms with Crippen LogP contribution in [0.15, 0.2) is 18.2 Å². The number of piperazine rings is 1. The normalized spacial score (nSPS) is 20.4. The van der Waals surface area contributed by atoms with E-state index in [1.807, 2.05) is 0 Å². The highest BCUT2D eigenvalue weighted by molar-refractivity contribution is 5.54. The SMILES string of the molecule is CCC1CNCCN1c1ccc(OC)c(C)c1. The maximum atomic E-state index is 5.31. The third-order valence-corrected chi connectivity index (χ3v) is 3.53. The van der Waals surface area contributed by atoms with Crippen LogP contribution < -0.4 is 15.0 Å². The summed E-state index contributed by atoms with van der Waals surface area (Å²) in [6, 6.07) is 7.07. The van der Waals surface area contributed by atoms with Crippen LogP contribution in [0, 0.1) is 6.92 Å². The zero-order valence-electron chi connectivity index (χ0n) is 11.0. The lowest BCUT2D eigenvalue weighted by Gasteiger charge is -2.37. The molecule has 1 atom stereocenters. The van der Waals surface area contributed by atoms with Gasteiger partial charge < -0.3 is 15.0 Å². The highest BCUT2D eigenvalue weighted by Gasteiger charge is 2.20. The van der Waals surface area contributed by atoms with Crippen LogP contribution in [0.3, 0.4) is 0 Å². The van der Waals surface area contributed by atoms with Gasteiger partial charge in [0.2, 0.25) is 0 Å². The van der Waals surface area contributed by atoms with Crippen molar-refractivity contribution >= 4 is 5.69 Å². The van der Waals surface area contributed by atoms with Gasteiger partial charge in [0.15, 0.2) is 0 Å². The van der Waals surface area contributed by atoms with Gasteiger partial charge in [-0.25, -0.2) is 0 Å². The summed E-state index contributed by atoms with van der Waals surface area (Å²) in [4.78, 5) is 2.50. The molecule has 0 amide bonds. The van der Waals surface area contributed by atoms with Crippen molar-refractivity contribution in [2.45, 2.75) is 26.3 Å². The lowest BCUT2D eigenvalue weighted by Crippen LogP contribution is -2.51. The number of rotatable bonds is 3. The summed E-state index contributed by atoms with van der Waals surface area (Å²) in [7, 11) is 1.72. The first-order valence-electron chi connectivity index (χ1n) is 6.38. The van der Waals surface area contributed by atoms with E-state index in [4.69, 9.17) is 4.74 Å². The van der Waals surface area contributed by atoms with Crippen molar-refractivity contribution in [2.75, 3.05) is 31.6 Å². The fourth-order valence-corrected chi connectivity index (χ4v) is 2.51. The molecule has 94 valence electrons. The molecule has 0 aliphatic carbocycles. The molecule has 17 heavy (non-hydrogen) atoms. The third kappa shape index (κ3) is 2.55. The Morgan fingerprint density at radius 1 is 1.47 bits per heavy atom. The van der Waals surface area contributed by atoms with E-state index in [0.717, 1.165) is 25.4 Å². The smallest absolute Gasteiger partial charge is 0.121 e. The second kappa shape index (κ2) is 5.41. The zero-order chi connectivity index (χ0) is 12.3. The second-order valence-corrected chi connectivity index (χ2v) is 4.61. The third-order valence-electron chi connectivity index (χ3n) is 3.53. The molecular weight excluding hydrogens is 212 g/mol. The van der Waals surface area contributed by atoms with Gasteiger partial charge >= 0.3 is 0 Å². The average molecular weight is 234 g/mol. The van der Waals surface area contributed by atoms with Crippen LogP contribution in [0.1, 0.15) is 18.9 Å². The van der Waals surface area contributed by atoms with Crippen molar-refractivity contribution in [3.05, 3.63) is 23.8 Å². The Morgan fingerprint density at radius 2 is 2.29 bits per heavy atom. The van der Waals surface area contributed by atoms with E-state index in [9.17, 15) is 0 Å². The molecule has 1 unspecified atom stereocenters. The van der Waals surface area contributed by atoms with Crippen LogP contribution >= 0.6 is 0 Å². The Hall–Kier alpha value is -1.22. The first kappa shape index (κ1) is 12.2. The highest BCUT2D eigenvalue weighted by Crippen LogP contribution is 2.26. The molecule has 1 aliphatic heterocycles. The zero-order valence-corrected chi connectivity index (χ0v) is 11.0. The minimum absolute atomic E-state index is 0.608. The molecular formula is C14H22N2O. The number of hydrogen-bond donors (Lipinski definition) is 1. The van der Waals surface area contributed by atoms with Crippen LogP contribution in [0.4, 0.5) is 5.69 Å². The Labute approximate surface area is 104 Å². The van der Waals surface area contributed by atoms with Gasteiger partial charge in [0, 0.05) is 31.4 Å². The number of nitrogens with zero attached hydrogens (tertiary/aromatic N) is 1. The summed E-state index contributed by atoms with van der Waals surface area (Å²) in [6.07, 6.45) is 1.18. The molecule has 1 fully saturated rings. The minimum Gasteiger partial charge on any atom is -0.496 e. The molecule has 1 N–H and O–H groups in total. The number of hydrogen-bond acceptors (Lipinski definition) is 3. The lowest BCUT2D eigenvalue weighted by molar-refractivity contribution is 0.411. The molecule has 1 saturated heterocycles. The fraction of sp³-hybridized carbons (Fsp3) is 0.571. The monoisotopic (exact) mass is 234 g/mol. The van der Waals surface area contributed by atoms with E-state index in [2.05, 4.69) is 42.3 Å². The van der Waals surface area contributed by atoms with Crippen molar-refractivity contribution in [1.82, 2.24) is 5.32 Å². The van der Waals surface area contributed by atoms with Crippen molar-refractivity contribution in [1.29, 1.82) is 0 Å². The first-order valence-corrected chi connectivity index (χ1v) is 6.38. The van der Waals surface area contributed by atoms with Crippen LogP contribution in [0.25, 0.3) is 0 Å². The van der Waals surface area contributed by atoms with Crippen molar-refractivity contribution in [3.8, 4) is 5.75 Å². The number of nitrogens with one attached hydrogen (secondary N) is 1. The molecule has 2 rings (SSSR count).